The van der Waals surface area contributed by atoms with Crippen LogP contribution in [-0.2, 0) is 11.2 Å². The van der Waals surface area contributed by atoms with E-state index in [2.05, 4.69) is 0 Å². The summed E-state index contributed by atoms with van der Waals surface area (Å²) in [5.74, 6) is -0.299. The minimum absolute atomic E-state index is 0.0414. The van der Waals surface area contributed by atoms with E-state index in [0.29, 0.717) is 29.1 Å². The minimum Gasteiger partial charge on any atom is -0.399 e. The number of aliphatic hydroxyl groups is 1. The van der Waals surface area contributed by atoms with Gasteiger partial charge in [-0.3, -0.25) is 9.59 Å². The molecule has 5 nitrogen and oxygen atoms in total. The van der Waals surface area contributed by atoms with Crippen molar-refractivity contribution >= 4 is 29.0 Å². The molecule has 1 aliphatic heterocycles. The van der Waals surface area contributed by atoms with Crippen LogP contribution in [0.3, 0.4) is 0 Å². The van der Waals surface area contributed by atoms with Crippen molar-refractivity contribution in [2.75, 3.05) is 12.3 Å². The Labute approximate surface area is 157 Å². The summed E-state index contributed by atoms with van der Waals surface area (Å²) in [6, 6.07) is 13.3. The lowest BCUT2D eigenvalue weighted by molar-refractivity contribution is -0.122. The van der Waals surface area contributed by atoms with Gasteiger partial charge >= 0.3 is 0 Å². The van der Waals surface area contributed by atoms with Gasteiger partial charge in [0.15, 0.2) is 5.78 Å². The Hall–Kier alpha value is -2.37. The number of anilines is 1. The number of amides is 1. The number of aryl methyl sites for hydroxylation is 1. The molecule has 0 saturated carbocycles. The van der Waals surface area contributed by atoms with Gasteiger partial charge in [0.2, 0.25) is 0 Å². The summed E-state index contributed by atoms with van der Waals surface area (Å²) < 4.78 is 0. The maximum atomic E-state index is 12.7. The van der Waals surface area contributed by atoms with Gasteiger partial charge in [0.1, 0.15) is 0 Å². The standard InChI is InChI=1S/C20H21ClN2O3/c21-15-6-1-13(2-7-15)3-10-19(25)18-11-17(24)12-23(18)20(26)14-4-8-16(22)9-5-14/h1-2,4-9,17-18,24H,3,10-12,22H2/t17-,18+/m1/s1. The Morgan fingerprint density at radius 3 is 2.42 bits per heavy atom. The molecule has 0 unspecified atom stereocenters. The molecule has 0 aliphatic carbocycles. The van der Waals surface area contributed by atoms with Crippen LogP contribution in [0.25, 0.3) is 0 Å². The summed E-state index contributed by atoms with van der Waals surface area (Å²) in [5.41, 5.74) is 7.70. The number of rotatable bonds is 5. The quantitative estimate of drug-likeness (QED) is 0.790. The number of Topliss-reactive ketones (excluding diaryl/α,β-unsaturated/α-hetero) is 1. The van der Waals surface area contributed by atoms with Crippen LogP contribution in [-0.4, -0.2) is 40.4 Å². The first-order chi connectivity index (χ1) is 12.4. The highest BCUT2D eigenvalue weighted by Gasteiger charge is 2.38. The van der Waals surface area contributed by atoms with Crippen LogP contribution in [0.4, 0.5) is 5.69 Å². The Morgan fingerprint density at radius 2 is 1.77 bits per heavy atom. The van der Waals surface area contributed by atoms with Crippen LogP contribution in [0, 0.1) is 0 Å². The largest absolute Gasteiger partial charge is 0.399 e. The van der Waals surface area contributed by atoms with Gasteiger partial charge < -0.3 is 15.7 Å². The molecule has 0 aromatic heterocycles. The van der Waals surface area contributed by atoms with E-state index in [1.54, 1.807) is 36.4 Å². The van der Waals surface area contributed by atoms with E-state index >= 15 is 0 Å². The second kappa shape index (κ2) is 7.89. The number of nitrogen functional groups attached to an aromatic ring is 1. The first-order valence-corrected chi connectivity index (χ1v) is 8.93. The third-order valence-corrected chi connectivity index (χ3v) is 4.89. The first-order valence-electron chi connectivity index (χ1n) is 8.56. The lowest BCUT2D eigenvalue weighted by Gasteiger charge is -2.23. The third-order valence-electron chi connectivity index (χ3n) is 4.64. The summed E-state index contributed by atoms with van der Waals surface area (Å²) in [4.78, 5) is 26.9. The van der Waals surface area contributed by atoms with Gasteiger partial charge in [-0.25, -0.2) is 0 Å². The summed E-state index contributed by atoms with van der Waals surface area (Å²) in [7, 11) is 0. The predicted molar refractivity (Wildman–Crippen MR) is 101 cm³/mol. The second-order valence-corrected chi connectivity index (χ2v) is 7.01. The number of hydrogen-bond donors (Lipinski definition) is 2. The summed E-state index contributed by atoms with van der Waals surface area (Å²) in [5, 5.41) is 10.6. The summed E-state index contributed by atoms with van der Waals surface area (Å²) in [6.07, 6.45) is 0.481. The molecule has 0 radical (unpaired) electrons. The number of nitrogens with two attached hydrogens (primary N) is 1. The fraction of sp³-hybridized carbons (Fsp3) is 0.300. The van der Waals surface area contributed by atoms with Crippen molar-refractivity contribution in [2.24, 2.45) is 0 Å². The van der Waals surface area contributed by atoms with Gasteiger partial charge in [-0.15, -0.1) is 0 Å². The van der Waals surface area contributed by atoms with E-state index in [-0.39, 0.29) is 24.7 Å². The number of aliphatic hydroxyl groups excluding tert-OH is 1. The number of nitrogens with zero attached hydrogens (tertiary/aromatic N) is 1. The highest BCUT2D eigenvalue weighted by Crippen LogP contribution is 2.23. The van der Waals surface area contributed by atoms with Gasteiger partial charge in [-0.2, -0.15) is 0 Å². The van der Waals surface area contributed by atoms with Gasteiger partial charge in [-0.1, -0.05) is 23.7 Å². The molecule has 3 N–H and O–H groups in total. The van der Waals surface area contributed by atoms with E-state index in [4.69, 9.17) is 17.3 Å². The number of ketones is 1. The predicted octanol–water partition coefficient (Wildman–Crippen LogP) is 2.70. The molecule has 3 rings (SSSR count). The van der Waals surface area contributed by atoms with Gasteiger partial charge in [0, 0.05) is 35.7 Å². The molecule has 0 bridgehead atoms. The molecular weight excluding hydrogens is 352 g/mol. The maximum Gasteiger partial charge on any atom is 0.254 e. The topological polar surface area (TPSA) is 83.6 Å². The van der Waals surface area contributed by atoms with E-state index in [1.807, 2.05) is 12.1 Å². The summed E-state index contributed by atoms with van der Waals surface area (Å²) >= 11 is 5.87. The van der Waals surface area contributed by atoms with E-state index in [1.165, 1.54) is 4.90 Å². The van der Waals surface area contributed by atoms with Crippen LogP contribution < -0.4 is 5.73 Å². The minimum atomic E-state index is -0.683. The van der Waals surface area contributed by atoms with Crippen molar-refractivity contribution in [3.8, 4) is 0 Å². The molecule has 136 valence electrons. The molecule has 1 saturated heterocycles. The van der Waals surface area contributed by atoms with Crippen molar-refractivity contribution in [3.63, 3.8) is 0 Å². The van der Waals surface area contributed by atoms with Crippen LogP contribution in [0.1, 0.15) is 28.8 Å². The van der Waals surface area contributed by atoms with Crippen molar-refractivity contribution < 1.29 is 14.7 Å². The fourth-order valence-electron chi connectivity index (χ4n) is 3.22. The zero-order valence-electron chi connectivity index (χ0n) is 14.3. The Kier molecular flexibility index (Phi) is 5.59. The molecule has 2 aromatic carbocycles. The van der Waals surface area contributed by atoms with Crippen LogP contribution in [0.15, 0.2) is 48.5 Å². The lowest BCUT2D eigenvalue weighted by Crippen LogP contribution is -2.40. The van der Waals surface area contributed by atoms with Gasteiger partial charge in [0.25, 0.3) is 5.91 Å². The molecule has 6 heteroatoms. The van der Waals surface area contributed by atoms with E-state index in [0.717, 1.165) is 5.56 Å². The Balaban J connectivity index is 1.68. The van der Waals surface area contributed by atoms with Crippen molar-refractivity contribution in [3.05, 3.63) is 64.7 Å². The summed E-state index contributed by atoms with van der Waals surface area (Å²) in [6.45, 7) is 0.167. The molecule has 1 aliphatic rings. The van der Waals surface area contributed by atoms with Crippen molar-refractivity contribution in [1.29, 1.82) is 0 Å². The second-order valence-electron chi connectivity index (χ2n) is 6.58. The molecule has 0 spiro atoms. The van der Waals surface area contributed by atoms with Crippen molar-refractivity contribution in [2.45, 2.75) is 31.4 Å². The number of hydrogen-bond acceptors (Lipinski definition) is 4. The fourth-order valence-corrected chi connectivity index (χ4v) is 3.35. The number of carbonyl (C=O) groups excluding carboxylic acids is 2. The van der Waals surface area contributed by atoms with Crippen LogP contribution in [0.5, 0.6) is 0 Å². The number of benzene rings is 2. The number of carbonyl (C=O) groups is 2. The number of likely N-dealkylation sites (tertiary alicyclic amines) is 1. The third kappa shape index (κ3) is 4.23. The monoisotopic (exact) mass is 372 g/mol. The van der Waals surface area contributed by atoms with E-state index in [9.17, 15) is 14.7 Å². The van der Waals surface area contributed by atoms with Gasteiger partial charge in [0.05, 0.1) is 12.1 Å². The zero-order chi connectivity index (χ0) is 18.7. The molecule has 1 heterocycles. The van der Waals surface area contributed by atoms with Crippen molar-refractivity contribution in [1.82, 2.24) is 4.90 Å². The number of halogens is 1. The van der Waals surface area contributed by atoms with Crippen LogP contribution in [0.2, 0.25) is 5.02 Å². The number of β-amino-alcohol motifs (C(OH)–C–C–N with tert-alkyl or cyclic N) is 1. The van der Waals surface area contributed by atoms with Crippen LogP contribution >= 0.6 is 11.6 Å². The zero-order valence-corrected chi connectivity index (χ0v) is 15.0. The highest BCUT2D eigenvalue weighted by atomic mass is 35.5. The lowest BCUT2D eigenvalue weighted by atomic mass is 10.0. The Morgan fingerprint density at radius 1 is 1.12 bits per heavy atom. The van der Waals surface area contributed by atoms with E-state index < -0.39 is 12.1 Å². The average molecular weight is 373 g/mol. The van der Waals surface area contributed by atoms with Gasteiger partial charge in [-0.05, 0) is 48.4 Å². The molecule has 2 atom stereocenters. The first kappa shape index (κ1) is 18.4. The molecular formula is C20H21ClN2O3. The normalized spacial score (nSPS) is 19.5. The highest BCUT2D eigenvalue weighted by molar-refractivity contribution is 6.30. The molecule has 1 fully saturated rings. The smallest absolute Gasteiger partial charge is 0.254 e. The molecule has 2 aromatic rings. The Bertz CT molecular complexity index is 790. The molecule has 26 heavy (non-hydrogen) atoms. The SMILES string of the molecule is Nc1ccc(C(=O)N2C[C@H](O)C[C@H]2C(=O)CCc2ccc(Cl)cc2)cc1. The maximum absolute atomic E-state index is 12.7. The average Bonchev–Trinajstić information content (AvgIpc) is 3.03. The molecule has 1 amide bonds.